The van der Waals surface area contributed by atoms with E-state index in [1.165, 1.54) is 0 Å². The third-order valence-corrected chi connectivity index (χ3v) is 4.28. The van der Waals surface area contributed by atoms with Crippen LogP contribution in [0.15, 0.2) is 30.3 Å². The average molecular weight is 286 g/mol. The van der Waals surface area contributed by atoms with Crippen LogP contribution in [0.5, 0.6) is 11.5 Å². The lowest BCUT2D eigenvalue weighted by Crippen LogP contribution is -2.14. The Kier molecular flexibility index (Phi) is 3.24. The van der Waals surface area contributed by atoms with E-state index in [1.807, 2.05) is 30.3 Å². The van der Waals surface area contributed by atoms with Crippen LogP contribution in [-0.2, 0) is 10.2 Å². The lowest BCUT2D eigenvalue weighted by molar-refractivity contribution is -0.137. The summed E-state index contributed by atoms with van der Waals surface area (Å²) in [5.74, 6) is 0.757. The number of fused-ring (bicyclic) bond motifs is 1. The zero-order valence-corrected chi connectivity index (χ0v) is 12.2. The molecule has 0 radical (unpaired) electrons. The molecule has 110 valence electrons. The maximum absolute atomic E-state index is 11.2. The minimum atomic E-state index is -0.769. The molecule has 2 aromatic carbocycles. The van der Waals surface area contributed by atoms with Crippen LogP contribution in [0.2, 0.25) is 0 Å². The second-order valence-corrected chi connectivity index (χ2v) is 5.58. The van der Waals surface area contributed by atoms with Crippen LogP contribution in [-0.4, -0.2) is 25.3 Å². The maximum atomic E-state index is 11.2. The molecule has 4 nitrogen and oxygen atoms in total. The number of ether oxygens (including phenoxy) is 2. The molecule has 0 bridgehead atoms. The van der Waals surface area contributed by atoms with Gasteiger partial charge in [0.1, 0.15) is 11.5 Å². The second-order valence-electron chi connectivity index (χ2n) is 5.58. The molecule has 3 rings (SSSR count). The Labute approximate surface area is 123 Å². The fourth-order valence-electron chi connectivity index (χ4n) is 3.08. The third-order valence-electron chi connectivity index (χ3n) is 4.28. The van der Waals surface area contributed by atoms with Gasteiger partial charge in [0.15, 0.2) is 0 Å². The summed E-state index contributed by atoms with van der Waals surface area (Å²) in [6.45, 7) is 0. The van der Waals surface area contributed by atoms with Crippen LogP contribution in [0.25, 0.3) is 10.8 Å². The van der Waals surface area contributed by atoms with Gasteiger partial charge in [-0.1, -0.05) is 12.1 Å². The van der Waals surface area contributed by atoms with Crippen LogP contribution < -0.4 is 9.47 Å². The van der Waals surface area contributed by atoms with E-state index in [9.17, 15) is 9.90 Å². The molecule has 1 aliphatic carbocycles. The van der Waals surface area contributed by atoms with Crippen molar-refractivity contribution in [3.63, 3.8) is 0 Å². The van der Waals surface area contributed by atoms with Crippen molar-refractivity contribution in [1.29, 1.82) is 0 Å². The van der Waals surface area contributed by atoms with Crippen molar-refractivity contribution in [2.24, 2.45) is 0 Å². The van der Waals surface area contributed by atoms with Gasteiger partial charge in [0.05, 0.1) is 20.6 Å². The van der Waals surface area contributed by atoms with Gasteiger partial charge in [-0.2, -0.15) is 0 Å². The largest absolute Gasteiger partial charge is 0.497 e. The average Bonchev–Trinajstić information content (AvgIpc) is 3.24. The fourth-order valence-corrected chi connectivity index (χ4v) is 3.08. The minimum Gasteiger partial charge on any atom is -0.497 e. The van der Waals surface area contributed by atoms with Crippen molar-refractivity contribution in [3.05, 3.63) is 35.9 Å². The Balaban J connectivity index is 2.25. The van der Waals surface area contributed by atoms with Gasteiger partial charge in [-0.25, -0.2) is 0 Å². The molecule has 1 fully saturated rings. The summed E-state index contributed by atoms with van der Waals surface area (Å²) < 4.78 is 10.8. The Morgan fingerprint density at radius 1 is 1.19 bits per heavy atom. The van der Waals surface area contributed by atoms with E-state index < -0.39 is 5.97 Å². The molecular formula is C17H18O4. The Hall–Kier alpha value is -2.23. The van der Waals surface area contributed by atoms with Gasteiger partial charge in [-0.3, -0.25) is 4.79 Å². The van der Waals surface area contributed by atoms with E-state index in [4.69, 9.17) is 9.47 Å². The number of hydrogen-bond donors (Lipinski definition) is 1. The van der Waals surface area contributed by atoms with E-state index in [1.54, 1.807) is 14.2 Å². The van der Waals surface area contributed by atoms with Crippen molar-refractivity contribution in [3.8, 4) is 11.5 Å². The van der Waals surface area contributed by atoms with E-state index in [2.05, 4.69) is 0 Å². The topological polar surface area (TPSA) is 55.8 Å². The van der Waals surface area contributed by atoms with E-state index in [0.29, 0.717) is 0 Å². The fraction of sp³-hybridized carbons (Fsp3) is 0.353. The molecule has 0 aromatic heterocycles. The van der Waals surface area contributed by atoms with E-state index >= 15 is 0 Å². The standard InChI is InChI=1S/C17H18O4/c1-20-12-5-3-11-4-6-14(21-2)16(13(11)9-12)17(7-8-17)10-15(18)19/h3-6,9H,7-8,10H2,1-2H3,(H,18,19). The maximum Gasteiger partial charge on any atom is 0.304 e. The first kappa shape index (κ1) is 13.7. The minimum absolute atomic E-state index is 0.139. The van der Waals surface area contributed by atoms with Crippen LogP contribution in [0.1, 0.15) is 24.8 Å². The first-order chi connectivity index (χ1) is 10.1. The first-order valence-corrected chi connectivity index (χ1v) is 6.97. The Morgan fingerprint density at radius 3 is 2.48 bits per heavy atom. The molecule has 0 unspecified atom stereocenters. The van der Waals surface area contributed by atoms with Crippen LogP contribution in [0.4, 0.5) is 0 Å². The molecule has 1 saturated carbocycles. The number of methoxy groups -OCH3 is 2. The predicted molar refractivity (Wildman–Crippen MR) is 80.2 cm³/mol. The second kappa shape index (κ2) is 4.95. The highest BCUT2D eigenvalue weighted by atomic mass is 16.5. The van der Waals surface area contributed by atoms with Crippen LogP contribution in [0, 0.1) is 0 Å². The summed E-state index contributed by atoms with van der Waals surface area (Å²) in [6, 6.07) is 9.79. The summed E-state index contributed by atoms with van der Waals surface area (Å²) >= 11 is 0. The van der Waals surface area contributed by atoms with Crippen LogP contribution >= 0.6 is 0 Å². The number of hydrogen-bond acceptors (Lipinski definition) is 3. The number of carboxylic acid groups (broad SMARTS) is 1. The Morgan fingerprint density at radius 2 is 1.90 bits per heavy atom. The number of carbonyl (C=O) groups is 1. The highest BCUT2D eigenvalue weighted by Crippen LogP contribution is 2.56. The summed E-state index contributed by atoms with van der Waals surface area (Å²) in [7, 11) is 3.26. The zero-order valence-electron chi connectivity index (χ0n) is 12.2. The molecule has 21 heavy (non-hydrogen) atoms. The predicted octanol–water partition coefficient (Wildman–Crippen LogP) is 3.36. The van der Waals surface area contributed by atoms with Gasteiger partial charge in [0.2, 0.25) is 0 Å². The molecule has 0 spiro atoms. The summed E-state index contributed by atoms with van der Waals surface area (Å²) in [5.41, 5.74) is 0.701. The monoisotopic (exact) mass is 286 g/mol. The van der Waals surface area contributed by atoms with Gasteiger partial charge in [-0.05, 0) is 41.8 Å². The van der Waals surface area contributed by atoms with E-state index in [0.717, 1.165) is 40.7 Å². The van der Waals surface area contributed by atoms with Crippen LogP contribution in [0.3, 0.4) is 0 Å². The summed E-state index contributed by atoms with van der Waals surface area (Å²) in [4.78, 5) is 11.2. The molecule has 2 aromatic rings. The first-order valence-electron chi connectivity index (χ1n) is 6.97. The molecule has 1 aliphatic rings. The normalized spacial score (nSPS) is 15.7. The van der Waals surface area contributed by atoms with Gasteiger partial charge < -0.3 is 14.6 Å². The smallest absolute Gasteiger partial charge is 0.304 e. The van der Waals surface area contributed by atoms with Crippen molar-refractivity contribution in [2.75, 3.05) is 14.2 Å². The quantitative estimate of drug-likeness (QED) is 0.915. The zero-order chi connectivity index (χ0) is 15.0. The summed E-state index contributed by atoms with van der Waals surface area (Å²) in [5, 5.41) is 11.3. The van der Waals surface area contributed by atoms with Crippen molar-refractivity contribution >= 4 is 16.7 Å². The summed E-state index contributed by atoms with van der Waals surface area (Å²) in [6.07, 6.45) is 1.90. The molecule has 1 N–H and O–H groups in total. The lowest BCUT2D eigenvalue weighted by atomic mass is 9.87. The van der Waals surface area contributed by atoms with Gasteiger partial charge in [-0.15, -0.1) is 0 Å². The van der Waals surface area contributed by atoms with Gasteiger partial charge in [0, 0.05) is 11.0 Å². The van der Waals surface area contributed by atoms with Crippen molar-refractivity contribution in [1.82, 2.24) is 0 Å². The van der Waals surface area contributed by atoms with Gasteiger partial charge in [0.25, 0.3) is 0 Å². The Bertz CT molecular complexity index is 696. The van der Waals surface area contributed by atoms with E-state index in [-0.39, 0.29) is 11.8 Å². The SMILES string of the molecule is COc1ccc2ccc(OC)c(C3(CC(=O)O)CC3)c2c1. The molecule has 4 heteroatoms. The number of rotatable bonds is 5. The number of aliphatic carboxylic acids is 1. The lowest BCUT2D eigenvalue weighted by Gasteiger charge is -2.20. The number of benzene rings is 2. The molecular weight excluding hydrogens is 268 g/mol. The third kappa shape index (κ3) is 2.31. The molecule has 0 amide bonds. The highest BCUT2D eigenvalue weighted by Gasteiger charge is 2.48. The molecule has 0 saturated heterocycles. The van der Waals surface area contributed by atoms with Crippen molar-refractivity contribution < 1.29 is 19.4 Å². The van der Waals surface area contributed by atoms with Gasteiger partial charge >= 0.3 is 5.97 Å². The molecule has 0 atom stereocenters. The molecule has 0 heterocycles. The highest BCUT2D eigenvalue weighted by molar-refractivity contribution is 5.91. The van der Waals surface area contributed by atoms with Crippen molar-refractivity contribution in [2.45, 2.75) is 24.7 Å². The number of carboxylic acids is 1. The molecule has 0 aliphatic heterocycles.